The van der Waals surface area contributed by atoms with Crippen molar-refractivity contribution in [2.45, 2.75) is 20.3 Å². The fourth-order valence-electron chi connectivity index (χ4n) is 4.89. The molecule has 2 heterocycles. The Morgan fingerprint density at radius 3 is 1.94 bits per heavy atom. The average Bonchev–Trinajstić information content (AvgIpc) is 3.45. The first-order chi connectivity index (χ1) is 23.4. The van der Waals surface area contributed by atoms with Crippen LogP contribution >= 0.6 is 0 Å². The van der Waals surface area contributed by atoms with E-state index in [4.69, 9.17) is 15.2 Å². The molecule has 1 aliphatic rings. The molecule has 3 aromatic carbocycles. The van der Waals surface area contributed by atoms with E-state index in [9.17, 15) is 13.6 Å². The molecular formula is C35H46F2N8O3. The molecule has 48 heavy (non-hydrogen) atoms. The molecule has 11 nitrogen and oxygen atoms in total. The van der Waals surface area contributed by atoms with Crippen LogP contribution in [0.15, 0.2) is 93.9 Å². The molecule has 0 radical (unpaired) electrons. The highest BCUT2D eigenvalue weighted by Gasteiger charge is 2.18. The molecule has 0 spiro atoms. The van der Waals surface area contributed by atoms with Gasteiger partial charge in [-0.2, -0.15) is 5.10 Å². The minimum absolute atomic E-state index is 0.156. The number of aliphatic imine (C=N–C) groups is 2. The minimum atomic E-state index is -0.537. The molecule has 0 saturated carbocycles. The van der Waals surface area contributed by atoms with E-state index in [-0.39, 0.29) is 11.6 Å². The lowest BCUT2D eigenvalue weighted by Crippen LogP contribution is -2.46. The highest BCUT2D eigenvalue weighted by Crippen LogP contribution is 2.24. The van der Waals surface area contributed by atoms with E-state index in [1.807, 2.05) is 38.1 Å². The van der Waals surface area contributed by atoms with E-state index in [0.29, 0.717) is 19.8 Å². The first-order valence-electron chi connectivity index (χ1n) is 15.9. The molecular weight excluding hydrogens is 618 g/mol. The number of ether oxygens (including phenoxy) is 2. The summed E-state index contributed by atoms with van der Waals surface area (Å²) in [4.78, 5) is 24.9. The van der Waals surface area contributed by atoms with Gasteiger partial charge in [-0.15, -0.1) is 0 Å². The summed E-state index contributed by atoms with van der Waals surface area (Å²) in [7, 11) is 3.34. The number of aryl methyl sites for hydroxylation is 1. The largest absolute Gasteiger partial charge is 0.493 e. The van der Waals surface area contributed by atoms with Crippen molar-refractivity contribution in [1.29, 1.82) is 0 Å². The highest BCUT2D eigenvalue weighted by atomic mass is 19.1. The summed E-state index contributed by atoms with van der Waals surface area (Å²) in [6.07, 6.45) is 5.07. The van der Waals surface area contributed by atoms with E-state index in [1.165, 1.54) is 41.2 Å². The number of rotatable bonds is 12. The Morgan fingerprint density at radius 2 is 1.46 bits per heavy atom. The molecule has 0 amide bonds. The fraction of sp³-hybridized carbons (Fsp3) is 0.371. The van der Waals surface area contributed by atoms with Crippen molar-refractivity contribution in [3.63, 3.8) is 0 Å². The molecule has 1 aliphatic heterocycles. The number of nitrogens with two attached hydrogens (primary N) is 1. The van der Waals surface area contributed by atoms with Gasteiger partial charge in [0.1, 0.15) is 30.0 Å². The molecule has 1 aromatic heterocycles. The summed E-state index contributed by atoms with van der Waals surface area (Å²) in [5.41, 5.74) is 8.20. The van der Waals surface area contributed by atoms with Crippen LogP contribution < -0.4 is 26.0 Å². The van der Waals surface area contributed by atoms with Gasteiger partial charge >= 0.3 is 5.69 Å². The second kappa shape index (κ2) is 20.3. The number of halogens is 2. The third kappa shape index (κ3) is 11.6. The Labute approximate surface area is 280 Å². The number of benzene rings is 3. The summed E-state index contributed by atoms with van der Waals surface area (Å²) < 4.78 is 38.1. The maximum absolute atomic E-state index is 12.1. The van der Waals surface area contributed by atoms with Gasteiger partial charge in [0.2, 0.25) is 0 Å². The van der Waals surface area contributed by atoms with Crippen LogP contribution in [0.5, 0.6) is 5.75 Å². The van der Waals surface area contributed by atoms with Crippen molar-refractivity contribution >= 4 is 24.1 Å². The van der Waals surface area contributed by atoms with Gasteiger partial charge in [0.05, 0.1) is 25.2 Å². The van der Waals surface area contributed by atoms with E-state index >= 15 is 0 Å². The van der Waals surface area contributed by atoms with Crippen LogP contribution in [-0.4, -0.2) is 80.1 Å². The van der Waals surface area contributed by atoms with Crippen LogP contribution in [0, 0.1) is 17.6 Å². The quantitative estimate of drug-likeness (QED) is 0.169. The van der Waals surface area contributed by atoms with Crippen LogP contribution in [0.4, 0.5) is 20.2 Å². The molecule has 1 atom stereocenters. The summed E-state index contributed by atoms with van der Waals surface area (Å²) in [6, 6.07) is 20.9. The lowest BCUT2D eigenvalue weighted by atomic mass is 10.1. The number of hydrogen-bond donors (Lipinski definition) is 1. The fourth-order valence-corrected chi connectivity index (χ4v) is 4.89. The van der Waals surface area contributed by atoms with E-state index < -0.39 is 11.6 Å². The van der Waals surface area contributed by atoms with Crippen LogP contribution in [0.1, 0.15) is 20.3 Å². The maximum atomic E-state index is 12.1. The average molecular weight is 665 g/mol. The van der Waals surface area contributed by atoms with Gasteiger partial charge in [0.25, 0.3) is 0 Å². The molecule has 5 rings (SSSR count). The molecule has 1 unspecified atom stereocenters. The second-order valence-electron chi connectivity index (χ2n) is 10.6. The zero-order valence-corrected chi connectivity index (χ0v) is 28.1. The van der Waals surface area contributed by atoms with Gasteiger partial charge in [-0.3, -0.25) is 4.99 Å². The van der Waals surface area contributed by atoms with E-state index in [0.717, 1.165) is 55.8 Å². The van der Waals surface area contributed by atoms with Crippen LogP contribution in [0.25, 0.3) is 5.69 Å². The van der Waals surface area contributed by atoms with Gasteiger partial charge in [-0.25, -0.2) is 27.8 Å². The standard InChI is InChI=1S/C27H36N8O3.C6H4F2.C2H6/c1-32-27(36)35(21-31-32)25-5-3-23(4-6-25)33-13-15-34(16-14-33)24-7-9-26(10-8-24)38-18-22(17-37-2)11-12-29-20-30-19-28;7-5-2-1-3-6(8)4-5;1-2/h3-10,19-22H,11-18H2,1-2H3,(H2,28,29,30);1-4H;1-2H3. The summed E-state index contributed by atoms with van der Waals surface area (Å²) >= 11 is 0. The zero-order valence-electron chi connectivity index (χ0n) is 28.1. The highest BCUT2D eigenvalue weighted by molar-refractivity contribution is 5.69. The Bertz CT molecular complexity index is 1580. The van der Waals surface area contributed by atoms with Crippen molar-refractivity contribution in [2.24, 2.45) is 28.7 Å². The van der Waals surface area contributed by atoms with E-state index in [1.54, 1.807) is 25.1 Å². The molecule has 13 heteroatoms. The van der Waals surface area contributed by atoms with Crippen LogP contribution in [0.2, 0.25) is 0 Å². The van der Waals surface area contributed by atoms with Gasteiger partial charge in [-0.05, 0) is 67.1 Å². The third-order valence-electron chi connectivity index (χ3n) is 7.37. The maximum Gasteiger partial charge on any atom is 0.350 e. The van der Waals surface area contributed by atoms with Crippen LogP contribution in [-0.2, 0) is 11.8 Å². The molecule has 2 N–H and O–H groups in total. The Balaban J connectivity index is 0.000000540. The lowest BCUT2D eigenvalue weighted by molar-refractivity contribution is 0.114. The second-order valence-corrected chi connectivity index (χ2v) is 10.6. The molecule has 1 fully saturated rings. The normalized spacial score (nSPS) is 13.5. The Morgan fingerprint density at radius 1 is 0.896 bits per heavy atom. The summed E-state index contributed by atoms with van der Waals surface area (Å²) in [5.74, 6) is 0.0127. The van der Waals surface area contributed by atoms with Crippen LogP contribution in [0.3, 0.4) is 0 Å². The van der Waals surface area contributed by atoms with Gasteiger partial charge < -0.3 is 25.0 Å². The first kappa shape index (κ1) is 37.4. The molecule has 1 saturated heterocycles. The van der Waals surface area contributed by atoms with Crippen molar-refractivity contribution in [3.8, 4) is 11.4 Å². The monoisotopic (exact) mass is 664 g/mol. The number of hydrogen-bond acceptors (Lipinski definition) is 7. The minimum Gasteiger partial charge on any atom is -0.493 e. The number of aromatic nitrogens is 3. The molecule has 258 valence electrons. The van der Waals surface area contributed by atoms with Gasteiger partial charge in [0, 0.05) is 70.2 Å². The number of piperazine rings is 1. The van der Waals surface area contributed by atoms with Gasteiger partial charge in [-0.1, -0.05) is 19.9 Å². The number of nitrogens with zero attached hydrogens (tertiary/aromatic N) is 7. The predicted molar refractivity (Wildman–Crippen MR) is 189 cm³/mol. The lowest BCUT2D eigenvalue weighted by Gasteiger charge is -2.37. The smallest absolute Gasteiger partial charge is 0.350 e. The van der Waals surface area contributed by atoms with Crippen molar-refractivity contribution < 1.29 is 18.3 Å². The first-order valence-corrected chi connectivity index (χ1v) is 15.9. The number of methoxy groups -OCH3 is 1. The van der Waals surface area contributed by atoms with Crippen molar-refractivity contribution in [2.75, 3.05) is 62.8 Å². The Kier molecular flexibility index (Phi) is 15.8. The van der Waals surface area contributed by atoms with E-state index in [2.05, 4.69) is 49.1 Å². The summed E-state index contributed by atoms with van der Waals surface area (Å²) in [6.45, 7) is 9.51. The molecule has 0 aliphatic carbocycles. The zero-order chi connectivity index (χ0) is 34.7. The molecule has 0 bridgehead atoms. The molecule has 4 aromatic rings. The topological polar surface area (TPSA) is 115 Å². The van der Waals surface area contributed by atoms with Gasteiger partial charge in [0.15, 0.2) is 0 Å². The van der Waals surface area contributed by atoms with Crippen molar-refractivity contribution in [3.05, 3.63) is 101 Å². The third-order valence-corrected chi connectivity index (χ3v) is 7.37. The number of anilines is 2. The predicted octanol–water partition coefficient (Wildman–Crippen LogP) is 4.94. The Hall–Kier alpha value is -5.04. The SMILES string of the molecule is CC.COCC(CCN=CN=CN)COc1ccc(N2CCN(c3ccc(-n4cnn(C)c4=O)cc3)CC2)cc1.Fc1cccc(F)c1. The summed E-state index contributed by atoms with van der Waals surface area (Å²) in [5, 5.41) is 4.02. The van der Waals surface area contributed by atoms with Crippen molar-refractivity contribution in [1.82, 2.24) is 14.3 Å².